The lowest BCUT2D eigenvalue weighted by molar-refractivity contribution is -0.127. The molecule has 0 aliphatic carbocycles. The zero-order valence-electron chi connectivity index (χ0n) is 12.6. The van der Waals surface area contributed by atoms with Crippen molar-refractivity contribution in [3.05, 3.63) is 21.9 Å². The Balaban J connectivity index is 1.61. The zero-order chi connectivity index (χ0) is 15.7. The van der Waals surface area contributed by atoms with Crippen molar-refractivity contribution in [1.29, 1.82) is 0 Å². The number of hydrogen-bond donors (Lipinski definition) is 1. The average Bonchev–Trinajstić information content (AvgIpc) is 2.95. The molecule has 2 aliphatic heterocycles. The average molecular weight is 343 g/mol. The number of carbonyl (C=O) groups is 1. The van der Waals surface area contributed by atoms with Crippen molar-refractivity contribution in [2.45, 2.75) is 38.3 Å². The van der Waals surface area contributed by atoms with Gasteiger partial charge < -0.3 is 10.1 Å². The molecule has 2 atom stereocenters. The third kappa shape index (κ3) is 3.36. The molecule has 0 spiro atoms. The van der Waals surface area contributed by atoms with Gasteiger partial charge in [0, 0.05) is 17.2 Å². The molecule has 1 amide bonds. The Hall–Kier alpha value is -0.920. The van der Waals surface area contributed by atoms with Crippen LogP contribution >= 0.6 is 11.3 Å². The summed E-state index contributed by atoms with van der Waals surface area (Å²) < 4.78 is 28.7. The Labute approximate surface area is 135 Å². The number of thiophene rings is 1. The molecule has 1 aromatic rings. The van der Waals surface area contributed by atoms with E-state index in [1.807, 2.05) is 6.92 Å². The van der Waals surface area contributed by atoms with Crippen molar-refractivity contribution in [2.24, 2.45) is 5.92 Å². The Morgan fingerprint density at radius 3 is 2.86 bits per heavy atom. The summed E-state index contributed by atoms with van der Waals surface area (Å²) in [6.45, 7) is 2.63. The first kappa shape index (κ1) is 16.0. The molecule has 122 valence electrons. The summed E-state index contributed by atoms with van der Waals surface area (Å²) in [6, 6.07) is 1.96. The summed E-state index contributed by atoms with van der Waals surface area (Å²) >= 11 is 1.73. The molecule has 22 heavy (non-hydrogen) atoms. The quantitative estimate of drug-likeness (QED) is 0.906. The molecule has 2 aliphatic rings. The smallest absolute Gasteiger partial charge is 0.223 e. The van der Waals surface area contributed by atoms with Gasteiger partial charge in [-0.15, -0.1) is 11.3 Å². The highest BCUT2D eigenvalue weighted by atomic mass is 32.2. The number of nitrogens with one attached hydrogen (secondary N) is 1. The second kappa shape index (κ2) is 6.29. The molecule has 3 rings (SSSR count). The maximum absolute atomic E-state index is 12.4. The van der Waals surface area contributed by atoms with E-state index in [-0.39, 0.29) is 35.5 Å². The van der Waals surface area contributed by atoms with Crippen LogP contribution in [0, 0.1) is 5.92 Å². The number of sulfone groups is 1. The van der Waals surface area contributed by atoms with Crippen LogP contribution in [0.3, 0.4) is 0 Å². The standard InChI is InChI=1S/C15H21NO4S2/c1-10(14-12-3-7-21-13(12)2-6-20-14)16-15(17)11-4-8-22(18,19)9-5-11/h3,7,10-11,14H,2,4-6,8-9H2,1H3,(H,16,17). The molecule has 2 unspecified atom stereocenters. The summed E-state index contributed by atoms with van der Waals surface area (Å²) in [5, 5.41) is 5.09. The first-order chi connectivity index (χ1) is 10.5. The van der Waals surface area contributed by atoms with Gasteiger partial charge in [-0.05, 0) is 36.8 Å². The van der Waals surface area contributed by atoms with Crippen LogP contribution in [-0.4, -0.2) is 38.5 Å². The van der Waals surface area contributed by atoms with Crippen LogP contribution in [0.15, 0.2) is 11.4 Å². The zero-order valence-corrected chi connectivity index (χ0v) is 14.2. The summed E-state index contributed by atoms with van der Waals surface area (Å²) in [4.78, 5) is 13.7. The Morgan fingerprint density at radius 2 is 2.14 bits per heavy atom. The van der Waals surface area contributed by atoms with Gasteiger partial charge in [0.2, 0.25) is 5.91 Å². The highest BCUT2D eigenvalue weighted by Gasteiger charge is 2.32. The van der Waals surface area contributed by atoms with E-state index in [1.54, 1.807) is 11.3 Å². The number of hydrogen-bond acceptors (Lipinski definition) is 5. The molecule has 0 bridgehead atoms. The maximum atomic E-state index is 12.4. The molecule has 0 saturated carbocycles. The second-order valence-electron chi connectivity index (χ2n) is 6.06. The molecular formula is C15H21NO4S2. The van der Waals surface area contributed by atoms with Crippen LogP contribution in [0.2, 0.25) is 0 Å². The predicted molar refractivity (Wildman–Crippen MR) is 85.7 cm³/mol. The van der Waals surface area contributed by atoms with Gasteiger partial charge in [0.05, 0.1) is 24.2 Å². The van der Waals surface area contributed by atoms with E-state index >= 15 is 0 Å². The van der Waals surface area contributed by atoms with Crippen LogP contribution in [0.4, 0.5) is 0 Å². The molecule has 0 radical (unpaired) electrons. The van der Waals surface area contributed by atoms with Crippen LogP contribution < -0.4 is 5.32 Å². The minimum atomic E-state index is -2.93. The minimum Gasteiger partial charge on any atom is -0.371 e. The number of rotatable bonds is 3. The van der Waals surface area contributed by atoms with E-state index in [0.29, 0.717) is 19.4 Å². The van der Waals surface area contributed by atoms with Gasteiger partial charge in [-0.2, -0.15) is 0 Å². The van der Waals surface area contributed by atoms with Gasteiger partial charge in [-0.25, -0.2) is 8.42 Å². The predicted octanol–water partition coefficient (Wildman–Crippen LogP) is 1.69. The topological polar surface area (TPSA) is 72.5 Å². The fourth-order valence-electron chi connectivity index (χ4n) is 3.16. The second-order valence-corrected chi connectivity index (χ2v) is 9.37. The van der Waals surface area contributed by atoms with E-state index in [9.17, 15) is 13.2 Å². The van der Waals surface area contributed by atoms with E-state index in [1.165, 1.54) is 10.4 Å². The number of fused-ring (bicyclic) bond motifs is 1. The van der Waals surface area contributed by atoms with E-state index in [0.717, 1.165) is 6.42 Å². The third-order valence-corrected chi connectivity index (χ3v) is 7.17. The van der Waals surface area contributed by atoms with E-state index < -0.39 is 9.84 Å². The number of carbonyl (C=O) groups excluding carboxylic acids is 1. The highest BCUT2D eigenvalue weighted by molar-refractivity contribution is 7.91. The number of amides is 1. The third-order valence-electron chi connectivity index (χ3n) is 4.46. The monoisotopic (exact) mass is 343 g/mol. The summed E-state index contributed by atoms with van der Waals surface area (Å²) in [6.07, 6.45) is 1.68. The molecule has 0 aromatic carbocycles. The van der Waals surface area contributed by atoms with Gasteiger partial charge in [0.15, 0.2) is 0 Å². The Kier molecular flexibility index (Phi) is 4.56. The van der Waals surface area contributed by atoms with Crippen molar-refractivity contribution in [2.75, 3.05) is 18.1 Å². The fraction of sp³-hybridized carbons (Fsp3) is 0.667. The van der Waals surface area contributed by atoms with Gasteiger partial charge >= 0.3 is 0 Å². The summed E-state index contributed by atoms with van der Waals surface area (Å²) in [7, 11) is -2.93. The SMILES string of the molecule is CC(NC(=O)C1CCS(=O)(=O)CC1)C1OCCc2sccc21. The van der Waals surface area contributed by atoms with Crippen molar-refractivity contribution < 1.29 is 17.9 Å². The molecule has 1 fully saturated rings. The van der Waals surface area contributed by atoms with E-state index in [4.69, 9.17) is 4.74 Å². The fourth-order valence-corrected chi connectivity index (χ4v) is 5.55. The molecule has 3 heterocycles. The van der Waals surface area contributed by atoms with Gasteiger partial charge in [0.25, 0.3) is 0 Å². The van der Waals surface area contributed by atoms with Crippen molar-refractivity contribution in [1.82, 2.24) is 5.32 Å². The lowest BCUT2D eigenvalue weighted by Crippen LogP contribution is -2.44. The van der Waals surface area contributed by atoms with Gasteiger partial charge in [-0.1, -0.05) is 0 Å². The molecule has 7 heteroatoms. The molecular weight excluding hydrogens is 322 g/mol. The van der Waals surface area contributed by atoms with Crippen LogP contribution in [0.5, 0.6) is 0 Å². The van der Waals surface area contributed by atoms with Crippen molar-refractivity contribution in [3.63, 3.8) is 0 Å². The normalized spacial score (nSPS) is 26.1. The molecule has 5 nitrogen and oxygen atoms in total. The first-order valence-electron chi connectivity index (χ1n) is 7.65. The molecule has 1 aromatic heterocycles. The minimum absolute atomic E-state index is 0.0478. The lowest BCUT2D eigenvalue weighted by atomic mass is 9.98. The maximum Gasteiger partial charge on any atom is 0.223 e. The number of ether oxygens (including phenoxy) is 1. The Morgan fingerprint density at radius 1 is 1.41 bits per heavy atom. The van der Waals surface area contributed by atoms with Crippen LogP contribution in [0.25, 0.3) is 0 Å². The molecule has 1 saturated heterocycles. The van der Waals surface area contributed by atoms with E-state index in [2.05, 4.69) is 16.8 Å². The molecule has 1 N–H and O–H groups in total. The van der Waals surface area contributed by atoms with Gasteiger partial charge in [0.1, 0.15) is 15.9 Å². The Bertz CT molecular complexity index is 638. The van der Waals surface area contributed by atoms with Crippen LogP contribution in [0.1, 0.15) is 36.3 Å². The van der Waals surface area contributed by atoms with Crippen molar-refractivity contribution >= 4 is 27.1 Å². The largest absolute Gasteiger partial charge is 0.371 e. The lowest BCUT2D eigenvalue weighted by Gasteiger charge is -2.31. The van der Waals surface area contributed by atoms with Gasteiger partial charge in [-0.3, -0.25) is 4.79 Å². The highest BCUT2D eigenvalue weighted by Crippen LogP contribution is 2.33. The summed E-state index contributed by atoms with van der Waals surface area (Å²) in [5.41, 5.74) is 1.18. The van der Waals surface area contributed by atoms with Crippen LogP contribution in [-0.2, 0) is 25.8 Å². The first-order valence-corrected chi connectivity index (χ1v) is 10.3. The van der Waals surface area contributed by atoms with Crippen molar-refractivity contribution in [3.8, 4) is 0 Å². The summed E-state index contributed by atoms with van der Waals surface area (Å²) in [5.74, 6) is -0.00725.